The lowest BCUT2D eigenvalue weighted by Crippen LogP contribution is -3.00. The molecule has 0 unspecified atom stereocenters. The van der Waals surface area contributed by atoms with Crippen molar-refractivity contribution in [1.82, 2.24) is 5.32 Å². The molecular formula is C10H13IN2O3. The van der Waals surface area contributed by atoms with Crippen molar-refractivity contribution < 1.29 is 42.9 Å². The molecule has 1 aromatic rings. The van der Waals surface area contributed by atoms with Gasteiger partial charge < -0.3 is 34.0 Å². The van der Waals surface area contributed by atoms with Gasteiger partial charge in [0.1, 0.15) is 12.6 Å². The van der Waals surface area contributed by atoms with E-state index in [1.807, 2.05) is 13.2 Å². The first kappa shape index (κ1) is 14.8. The smallest absolute Gasteiger partial charge is 0.304 e. The number of esters is 1. The summed E-state index contributed by atoms with van der Waals surface area (Å²) in [5, 5.41) is 2.46. The maximum atomic E-state index is 11.5. The summed E-state index contributed by atoms with van der Waals surface area (Å²) in [6.07, 6.45) is 3.51. The largest absolute Gasteiger partial charge is 1.00 e. The van der Waals surface area contributed by atoms with E-state index < -0.39 is 5.97 Å². The molecule has 0 saturated carbocycles. The molecule has 6 heteroatoms. The Balaban J connectivity index is 0.00000225. The highest BCUT2D eigenvalue weighted by Gasteiger charge is 2.08. The molecule has 0 aromatic carbocycles. The van der Waals surface area contributed by atoms with Gasteiger partial charge in [-0.2, -0.15) is 0 Å². The third-order valence-electron chi connectivity index (χ3n) is 1.71. The number of carbonyl (C=O) groups is 2. The molecule has 88 valence electrons. The summed E-state index contributed by atoms with van der Waals surface area (Å²) < 4.78 is 6.35. The van der Waals surface area contributed by atoms with E-state index in [1.165, 1.54) is 6.92 Å². The van der Waals surface area contributed by atoms with E-state index in [9.17, 15) is 9.59 Å². The van der Waals surface area contributed by atoms with Gasteiger partial charge in [-0.15, -0.1) is 0 Å². The van der Waals surface area contributed by atoms with Crippen molar-refractivity contribution in [2.24, 2.45) is 7.05 Å². The van der Waals surface area contributed by atoms with Gasteiger partial charge in [-0.05, 0) is 6.07 Å². The van der Waals surface area contributed by atoms with Crippen LogP contribution in [0.25, 0.3) is 0 Å². The Morgan fingerprint density at radius 3 is 2.75 bits per heavy atom. The number of hydrogen-bond donors (Lipinski definition) is 1. The molecular weight excluding hydrogens is 323 g/mol. The quantitative estimate of drug-likeness (QED) is 0.273. The molecule has 0 aliphatic carbocycles. The molecule has 1 heterocycles. The van der Waals surface area contributed by atoms with Gasteiger partial charge in [-0.25, -0.2) is 4.57 Å². The minimum Gasteiger partial charge on any atom is -1.00 e. The van der Waals surface area contributed by atoms with E-state index in [0.717, 1.165) is 0 Å². The monoisotopic (exact) mass is 336 g/mol. The Bertz CT molecular complexity index is 382. The number of nitrogens with zero attached hydrogens (tertiary/aromatic N) is 1. The molecule has 5 nitrogen and oxygen atoms in total. The standard InChI is InChI=1S/C10H12N2O3.HI/c1-8(13)15-7-11-10(14)9-4-3-5-12(2)6-9;/h3-6H,7H2,1-2H3;1H. The zero-order chi connectivity index (χ0) is 11.3. The summed E-state index contributed by atoms with van der Waals surface area (Å²) in [5.41, 5.74) is 0.521. The number of pyridine rings is 1. The molecule has 1 amide bonds. The number of aryl methyl sites for hydroxylation is 1. The number of amides is 1. The van der Waals surface area contributed by atoms with Crippen molar-refractivity contribution in [1.29, 1.82) is 0 Å². The molecule has 0 atom stereocenters. The van der Waals surface area contributed by atoms with Gasteiger partial charge in [0.25, 0.3) is 5.91 Å². The zero-order valence-electron chi connectivity index (χ0n) is 9.07. The van der Waals surface area contributed by atoms with E-state index in [1.54, 1.807) is 22.9 Å². The van der Waals surface area contributed by atoms with Crippen LogP contribution in [0, 0.1) is 0 Å². The van der Waals surface area contributed by atoms with E-state index >= 15 is 0 Å². The predicted molar refractivity (Wildman–Crippen MR) is 51.7 cm³/mol. The van der Waals surface area contributed by atoms with Gasteiger partial charge in [-0.3, -0.25) is 9.59 Å². The number of hydrogen-bond acceptors (Lipinski definition) is 3. The van der Waals surface area contributed by atoms with Gasteiger partial charge in [0.05, 0.1) is 0 Å². The highest BCUT2D eigenvalue weighted by molar-refractivity contribution is 5.93. The maximum absolute atomic E-state index is 11.5. The molecule has 0 fully saturated rings. The predicted octanol–water partition coefficient (Wildman–Crippen LogP) is -3.23. The molecule has 0 spiro atoms. The van der Waals surface area contributed by atoms with Crippen molar-refractivity contribution in [3.05, 3.63) is 30.1 Å². The number of rotatable bonds is 3. The second-order valence-corrected chi connectivity index (χ2v) is 3.04. The number of carbonyl (C=O) groups excluding carboxylic acids is 2. The van der Waals surface area contributed by atoms with Crippen LogP contribution in [-0.2, 0) is 16.6 Å². The molecule has 0 aliphatic rings. The first-order valence-electron chi connectivity index (χ1n) is 4.46. The average Bonchev–Trinajstić information content (AvgIpc) is 2.17. The molecule has 1 rings (SSSR count). The van der Waals surface area contributed by atoms with Crippen LogP contribution < -0.4 is 33.9 Å². The fourth-order valence-electron chi connectivity index (χ4n) is 1.03. The van der Waals surface area contributed by atoms with Crippen LogP contribution in [0.4, 0.5) is 0 Å². The molecule has 16 heavy (non-hydrogen) atoms. The highest BCUT2D eigenvalue weighted by atomic mass is 127. The topological polar surface area (TPSA) is 59.3 Å². The van der Waals surface area contributed by atoms with Crippen molar-refractivity contribution in [3.63, 3.8) is 0 Å². The summed E-state index contributed by atoms with van der Waals surface area (Å²) in [5.74, 6) is -0.693. The van der Waals surface area contributed by atoms with Crippen LogP contribution in [0.5, 0.6) is 0 Å². The first-order valence-corrected chi connectivity index (χ1v) is 4.46. The van der Waals surface area contributed by atoms with E-state index in [4.69, 9.17) is 0 Å². The SMILES string of the molecule is CC(=O)OCNC(=O)c1ccc[n+](C)c1.[I-]. The summed E-state index contributed by atoms with van der Waals surface area (Å²) in [6.45, 7) is 1.18. The molecule has 0 saturated heterocycles. The molecule has 0 bridgehead atoms. The number of halogens is 1. The molecule has 0 aliphatic heterocycles. The fraction of sp³-hybridized carbons (Fsp3) is 0.300. The lowest BCUT2D eigenvalue weighted by molar-refractivity contribution is -0.671. The maximum Gasteiger partial charge on any atom is 0.304 e. The van der Waals surface area contributed by atoms with E-state index in [0.29, 0.717) is 5.56 Å². The average molecular weight is 336 g/mol. The Hall–Kier alpha value is -1.18. The Kier molecular flexibility index (Phi) is 6.63. The van der Waals surface area contributed by atoms with Crippen LogP contribution in [0.15, 0.2) is 24.5 Å². The Labute approximate surface area is 111 Å². The summed E-state index contributed by atoms with van der Waals surface area (Å²) >= 11 is 0. The third-order valence-corrected chi connectivity index (χ3v) is 1.71. The van der Waals surface area contributed by atoms with Crippen molar-refractivity contribution in [3.8, 4) is 0 Å². The van der Waals surface area contributed by atoms with E-state index in [2.05, 4.69) is 10.1 Å². The van der Waals surface area contributed by atoms with Crippen LogP contribution in [-0.4, -0.2) is 18.6 Å². The van der Waals surface area contributed by atoms with Gasteiger partial charge in [0.15, 0.2) is 19.1 Å². The van der Waals surface area contributed by atoms with Crippen LogP contribution in [0.2, 0.25) is 0 Å². The minimum absolute atomic E-state index is 0. The second-order valence-electron chi connectivity index (χ2n) is 3.04. The van der Waals surface area contributed by atoms with Crippen molar-refractivity contribution in [2.75, 3.05) is 6.73 Å². The Morgan fingerprint density at radius 2 is 2.19 bits per heavy atom. The van der Waals surface area contributed by atoms with Crippen LogP contribution in [0.3, 0.4) is 0 Å². The number of nitrogens with one attached hydrogen (secondary N) is 1. The summed E-state index contributed by atoms with van der Waals surface area (Å²) in [7, 11) is 1.82. The molecule has 0 radical (unpaired) electrons. The summed E-state index contributed by atoms with van der Waals surface area (Å²) in [6, 6.07) is 3.45. The fourth-order valence-corrected chi connectivity index (χ4v) is 1.03. The molecule has 1 aromatic heterocycles. The number of ether oxygens (including phenoxy) is 1. The van der Waals surface area contributed by atoms with Gasteiger partial charge in [0, 0.05) is 13.0 Å². The Morgan fingerprint density at radius 1 is 1.50 bits per heavy atom. The second kappa shape index (κ2) is 7.15. The van der Waals surface area contributed by atoms with Crippen LogP contribution >= 0.6 is 0 Å². The van der Waals surface area contributed by atoms with Crippen molar-refractivity contribution in [2.45, 2.75) is 6.92 Å². The normalized spacial score (nSPS) is 8.88. The molecule has 1 N–H and O–H groups in total. The zero-order valence-corrected chi connectivity index (χ0v) is 11.2. The number of aromatic nitrogens is 1. The van der Waals surface area contributed by atoms with Gasteiger partial charge >= 0.3 is 5.97 Å². The van der Waals surface area contributed by atoms with Gasteiger partial charge in [0.2, 0.25) is 0 Å². The third kappa shape index (κ3) is 5.06. The lowest BCUT2D eigenvalue weighted by Gasteiger charge is -2.03. The van der Waals surface area contributed by atoms with Gasteiger partial charge in [-0.1, -0.05) is 0 Å². The summed E-state index contributed by atoms with van der Waals surface area (Å²) in [4.78, 5) is 21.9. The van der Waals surface area contributed by atoms with E-state index in [-0.39, 0.29) is 36.6 Å². The first-order chi connectivity index (χ1) is 7.09. The van der Waals surface area contributed by atoms with Crippen molar-refractivity contribution >= 4 is 11.9 Å². The lowest BCUT2D eigenvalue weighted by atomic mass is 10.3. The minimum atomic E-state index is -0.422. The van der Waals surface area contributed by atoms with Crippen LogP contribution in [0.1, 0.15) is 17.3 Å². The highest BCUT2D eigenvalue weighted by Crippen LogP contribution is 1.93.